The summed E-state index contributed by atoms with van der Waals surface area (Å²) in [5.41, 5.74) is -0.445. The Morgan fingerprint density at radius 2 is 1.83 bits per heavy atom. The van der Waals surface area contributed by atoms with E-state index in [1.165, 1.54) is 12.4 Å². The molecule has 0 bridgehead atoms. The van der Waals surface area contributed by atoms with Gasteiger partial charge in [0, 0.05) is 12.4 Å². The molecule has 0 amide bonds. The van der Waals surface area contributed by atoms with E-state index in [1.54, 1.807) is 0 Å². The number of esters is 1. The third-order valence-electron chi connectivity index (χ3n) is 2.96. The van der Waals surface area contributed by atoms with Crippen LogP contribution in [0.2, 0.25) is 10.0 Å². The number of hydrogen-bond donors (Lipinski definition) is 2. The molecule has 1 aromatic heterocycles. The third-order valence-corrected chi connectivity index (χ3v) is 3.52. The molecule has 0 saturated carbocycles. The summed E-state index contributed by atoms with van der Waals surface area (Å²) in [6.07, 6.45) is 2.55. The highest BCUT2D eigenvalue weighted by Crippen LogP contribution is 2.39. The second-order valence-corrected chi connectivity index (χ2v) is 5.07. The van der Waals surface area contributed by atoms with Gasteiger partial charge in [-0.15, -0.1) is 10.2 Å². The molecule has 2 aliphatic heterocycles. The number of halogens is 2. The van der Waals surface area contributed by atoms with Gasteiger partial charge in [-0.25, -0.2) is 9.36 Å². The van der Waals surface area contributed by atoms with Gasteiger partial charge in [-0.3, -0.25) is 4.98 Å². The molecule has 0 spiro atoms. The first-order chi connectivity index (χ1) is 11.0. The fraction of sp³-hybridized carbons (Fsp3) is 0.0833. The van der Waals surface area contributed by atoms with Crippen molar-refractivity contribution in [3.8, 4) is 29.0 Å². The van der Waals surface area contributed by atoms with Crippen molar-refractivity contribution < 1.29 is 19.7 Å². The molecule has 2 N–H and O–H groups in total. The van der Waals surface area contributed by atoms with Crippen molar-refractivity contribution in [2.75, 3.05) is 7.11 Å². The van der Waals surface area contributed by atoms with Crippen molar-refractivity contribution in [1.82, 2.24) is 24.7 Å². The summed E-state index contributed by atoms with van der Waals surface area (Å²) in [7, 11) is 1.15. The van der Waals surface area contributed by atoms with Crippen molar-refractivity contribution >= 4 is 29.2 Å². The van der Waals surface area contributed by atoms with E-state index in [0.717, 1.165) is 11.7 Å². The molecule has 3 rings (SSSR count). The molecule has 11 heteroatoms. The highest BCUT2D eigenvalue weighted by atomic mass is 35.5. The van der Waals surface area contributed by atoms with Gasteiger partial charge in [-0.2, -0.15) is 4.98 Å². The largest absolute Gasteiger partial charge is 0.492 e. The number of hydrogen-bond acceptors (Lipinski definition) is 8. The first kappa shape index (κ1) is 15.3. The second kappa shape index (κ2) is 5.52. The maximum absolute atomic E-state index is 11.6. The Morgan fingerprint density at radius 3 is 2.43 bits per heavy atom. The lowest BCUT2D eigenvalue weighted by Gasteiger charge is -2.15. The van der Waals surface area contributed by atoms with Gasteiger partial charge in [0.15, 0.2) is 11.4 Å². The Bertz CT molecular complexity index is 877. The molecule has 23 heavy (non-hydrogen) atoms. The molecule has 0 atom stereocenters. The number of methoxy groups -OCH3 is 1. The Balaban J connectivity index is 2.32. The van der Waals surface area contributed by atoms with Crippen LogP contribution in [0.1, 0.15) is 10.5 Å². The number of pyridine rings is 1. The lowest BCUT2D eigenvalue weighted by Crippen LogP contribution is -2.07. The molecular formula is C12H7Cl2N5O4. The number of carbonyl (C=O) groups excluding carboxylic acids is 1. The van der Waals surface area contributed by atoms with Gasteiger partial charge in [0.05, 0.1) is 22.8 Å². The van der Waals surface area contributed by atoms with Crippen LogP contribution in [-0.4, -0.2) is 48.0 Å². The summed E-state index contributed by atoms with van der Waals surface area (Å²) in [6.45, 7) is 0. The number of nitrogens with zero attached hydrogens (tertiary/aromatic N) is 5. The molecule has 9 nitrogen and oxygen atoms in total. The fourth-order valence-electron chi connectivity index (χ4n) is 1.97. The van der Waals surface area contributed by atoms with Gasteiger partial charge in [0.2, 0.25) is 5.88 Å². The predicted octanol–water partition coefficient (Wildman–Crippen LogP) is 1.67. The Kier molecular flexibility index (Phi) is 3.66. The van der Waals surface area contributed by atoms with Crippen LogP contribution in [-0.2, 0) is 4.74 Å². The Hall–Kier alpha value is -2.65. The third kappa shape index (κ3) is 2.30. The molecule has 0 fully saturated rings. The smallest absolute Gasteiger partial charge is 0.360 e. The maximum Gasteiger partial charge on any atom is 0.360 e. The van der Waals surface area contributed by atoms with Crippen LogP contribution in [0.5, 0.6) is 11.9 Å². The van der Waals surface area contributed by atoms with E-state index in [2.05, 4.69) is 24.9 Å². The molecule has 2 aliphatic rings. The molecule has 0 radical (unpaired) electrons. The molecular weight excluding hydrogens is 349 g/mol. The fourth-order valence-corrected chi connectivity index (χ4v) is 2.51. The van der Waals surface area contributed by atoms with Gasteiger partial charge in [-0.1, -0.05) is 23.2 Å². The molecule has 0 saturated heterocycles. The summed E-state index contributed by atoms with van der Waals surface area (Å²) >= 11 is 12.0. The summed E-state index contributed by atoms with van der Waals surface area (Å²) in [5, 5.41) is 27.9. The van der Waals surface area contributed by atoms with Crippen molar-refractivity contribution in [2.45, 2.75) is 0 Å². The minimum Gasteiger partial charge on any atom is -0.492 e. The standard InChI is InChI=1S/C12H7Cl2N5O4/c1-23-11(21)8-6-7(17-18-8)10(20)19(12(22)16-6)9-4(13)2-15-3-5(9)14/h2-3,20H,1H3,(H,16,22). The number of fused-ring (bicyclic) bond motifs is 1. The van der Waals surface area contributed by atoms with Crippen molar-refractivity contribution in [2.24, 2.45) is 0 Å². The molecule has 0 aromatic carbocycles. The van der Waals surface area contributed by atoms with E-state index < -0.39 is 17.9 Å². The van der Waals surface area contributed by atoms with Crippen molar-refractivity contribution in [3.63, 3.8) is 0 Å². The van der Waals surface area contributed by atoms with Gasteiger partial charge in [0.1, 0.15) is 5.69 Å². The Labute approximate surface area is 138 Å². The van der Waals surface area contributed by atoms with Crippen LogP contribution in [0, 0.1) is 0 Å². The SMILES string of the molecule is COC(=O)c1nnc2c(O)n(-c3c(Cl)cncc3Cl)c(O)nc1-2. The molecule has 0 aliphatic carbocycles. The highest BCUT2D eigenvalue weighted by molar-refractivity contribution is 6.37. The van der Waals surface area contributed by atoms with Gasteiger partial charge >= 0.3 is 12.0 Å². The average Bonchev–Trinajstić information content (AvgIpc) is 2.93. The quantitative estimate of drug-likeness (QED) is 0.665. The summed E-state index contributed by atoms with van der Waals surface area (Å²) < 4.78 is 5.40. The van der Waals surface area contributed by atoms with Crippen LogP contribution < -0.4 is 0 Å². The minimum absolute atomic E-state index is 0.0513. The average molecular weight is 356 g/mol. The van der Waals surface area contributed by atoms with Crippen LogP contribution in [0.3, 0.4) is 0 Å². The number of aromatic hydroxyl groups is 2. The van der Waals surface area contributed by atoms with Crippen LogP contribution in [0.4, 0.5) is 0 Å². The minimum atomic E-state index is -0.809. The van der Waals surface area contributed by atoms with E-state index in [0.29, 0.717) is 0 Å². The topological polar surface area (TPSA) is 123 Å². The number of aromatic nitrogens is 5. The maximum atomic E-state index is 11.6. The highest BCUT2D eigenvalue weighted by Gasteiger charge is 2.30. The van der Waals surface area contributed by atoms with Crippen LogP contribution in [0.15, 0.2) is 12.4 Å². The van der Waals surface area contributed by atoms with E-state index in [4.69, 9.17) is 23.2 Å². The van der Waals surface area contributed by atoms with Crippen molar-refractivity contribution in [1.29, 1.82) is 0 Å². The molecule has 1 aromatic rings. The van der Waals surface area contributed by atoms with E-state index in [-0.39, 0.29) is 32.8 Å². The first-order valence-electron chi connectivity index (χ1n) is 6.00. The first-order valence-corrected chi connectivity index (χ1v) is 6.76. The lowest BCUT2D eigenvalue weighted by molar-refractivity contribution is 0.0594. The monoisotopic (exact) mass is 355 g/mol. The van der Waals surface area contributed by atoms with Crippen LogP contribution >= 0.6 is 23.2 Å². The van der Waals surface area contributed by atoms with E-state index in [1.807, 2.05) is 0 Å². The van der Waals surface area contributed by atoms with E-state index in [9.17, 15) is 15.0 Å². The molecule has 118 valence electrons. The molecule has 3 heterocycles. The number of rotatable bonds is 2. The number of ether oxygens (including phenoxy) is 1. The van der Waals surface area contributed by atoms with E-state index >= 15 is 0 Å². The van der Waals surface area contributed by atoms with Crippen molar-refractivity contribution in [3.05, 3.63) is 28.1 Å². The Morgan fingerprint density at radius 1 is 1.17 bits per heavy atom. The second-order valence-electron chi connectivity index (χ2n) is 4.26. The zero-order chi connectivity index (χ0) is 16.7. The van der Waals surface area contributed by atoms with Gasteiger partial charge in [-0.05, 0) is 0 Å². The van der Waals surface area contributed by atoms with Crippen LogP contribution in [0.25, 0.3) is 17.1 Å². The summed E-state index contributed by atoms with van der Waals surface area (Å²) in [4.78, 5) is 19.2. The zero-order valence-corrected chi connectivity index (χ0v) is 12.9. The van der Waals surface area contributed by atoms with Gasteiger partial charge in [0.25, 0.3) is 0 Å². The lowest BCUT2D eigenvalue weighted by atomic mass is 10.2. The normalized spacial score (nSPS) is 10.9. The number of carbonyl (C=O) groups is 1. The predicted molar refractivity (Wildman–Crippen MR) is 78.3 cm³/mol. The summed E-state index contributed by atoms with van der Waals surface area (Å²) in [5.74, 6) is -1.36. The molecule has 0 unspecified atom stereocenters. The van der Waals surface area contributed by atoms with Gasteiger partial charge < -0.3 is 14.9 Å². The summed E-state index contributed by atoms with van der Waals surface area (Å²) in [6, 6.07) is -0.676. The zero-order valence-electron chi connectivity index (χ0n) is 11.4.